The summed E-state index contributed by atoms with van der Waals surface area (Å²) in [6.07, 6.45) is 3.84. The molecule has 1 radical (unpaired) electrons. The number of rotatable bonds is 9. The lowest BCUT2D eigenvalue weighted by Crippen LogP contribution is -2.24. The zero-order chi connectivity index (χ0) is 18.3. The van der Waals surface area contributed by atoms with E-state index >= 15 is 0 Å². The van der Waals surface area contributed by atoms with Gasteiger partial charge in [-0.3, -0.25) is 9.59 Å². The number of hydrogen-bond acceptors (Lipinski definition) is 5. The van der Waals surface area contributed by atoms with Gasteiger partial charge < -0.3 is 9.16 Å². The Morgan fingerprint density at radius 2 is 1.92 bits per heavy atom. The highest BCUT2D eigenvalue weighted by molar-refractivity contribution is 8.04. The second-order valence-electron chi connectivity index (χ2n) is 7.48. The van der Waals surface area contributed by atoms with Gasteiger partial charge in [0.2, 0.25) is 0 Å². The summed E-state index contributed by atoms with van der Waals surface area (Å²) in [7, 11) is 0.527. The van der Waals surface area contributed by atoms with E-state index in [4.69, 9.17) is 4.43 Å². The lowest BCUT2D eigenvalue weighted by molar-refractivity contribution is -0.140. The molecular weight excluding hydrogens is 340 g/mol. The molecule has 0 amide bonds. The van der Waals surface area contributed by atoms with E-state index in [1.165, 1.54) is 7.11 Å². The Morgan fingerprint density at radius 3 is 2.46 bits per heavy atom. The van der Waals surface area contributed by atoms with Gasteiger partial charge >= 0.3 is 5.97 Å². The molecule has 0 aromatic heterocycles. The van der Waals surface area contributed by atoms with Crippen LogP contribution in [-0.4, -0.2) is 33.7 Å². The predicted molar refractivity (Wildman–Crippen MR) is 101 cm³/mol. The summed E-state index contributed by atoms with van der Waals surface area (Å²) in [6.45, 7) is 10.7. The number of hydrogen-bond donors (Lipinski definition) is 0. The molecule has 0 spiro atoms. The van der Waals surface area contributed by atoms with Gasteiger partial charge in [-0.2, -0.15) is 0 Å². The Labute approximate surface area is 152 Å². The van der Waals surface area contributed by atoms with Crippen LogP contribution in [0.1, 0.15) is 52.9 Å². The van der Waals surface area contributed by atoms with Crippen molar-refractivity contribution in [3.8, 4) is 0 Å². The van der Waals surface area contributed by atoms with E-state index in [2.05, 4.69) is 38.6 Å². The molecule has 1 unspecified atom stereocenters. The molecule has 0 bridgehead atoms. The molecule has 4 nitrogen and oxygen atoms in total. The number of thioether (sulfide) groups is 1. The van der Waals surface area contributed by atoms with Crippen molar-refractivity contribution in [1.29, 1.82) is 0 Å². The van der Waals surface area contributed by atoms with Gasteiger partial charge in [0.1, 0.15) is 5.76 Å². The number of methoxy groups -OCH3 is 1. The second kappa shape index (κ2) is 9.66. The van der Waals surface area contributed by atoms with Crippen molar-refractivity contribution in [1.82, 2.24) is 0 Å². The summed E-state index contributed by atoms with van der Waals surface area (Å²) in [5, 5.41) is 0. The number of ether oxygens (including phenoxy) is 1. The summed E-state index contributed by atoms with van der Waals surface area (Å²) in [5.74, 6) is 2.09. The molecule has 1 aliphatic carbocycles. The molecule has 0 heterocycles. The van der Waals surface area contributed by atoms with E-state index < -0.39 is 9.04 Å². The molecule has 0 fully saturated rings. The molecule has 137 valence electrons. The SMILES string of the molecule is COC(=O)CCCCCSC1=C(O[Si](C)C)C(C(C)(C)C)CC1=O. The molecule has 0 aliphatic heterocycles. The maximum atomic E-state index is 12.5. The minimum Gasteiger partial charge on any atom is -0.544 e. The molecule has 0 saturated carbocycles. The first kappa shape index (κ1) is 21.3. The van der Waals surface area contributed by atoms with Crippen molar-refractivity contribution in [3.63, 3.8) is 0 Å². The van der Waals surface area contributed by atoms with Crippen LogP contribution in [0.25, 0.3) is 0 Å². The lowest BCUT2D eigenvalue weighted by atomic mass is 9.79. The minimum atomic E-state index is -0.891. The van der Waals surface area contributed by atoms with Crippen LogP contribution in [0.4, 0.5) is 0 Å². The van der Waals surface area contributed by atoms with Crippen molar-refractivity contribution < 1.29 is 18.8 Å². The Kier molecular flexibility index (Phi) is 8.57. The van der Waals surface area contributed by atoms with Crippen molar-refractivity contribution in [3.05, 3.63) is 10.7 Å². The van der Waals surface area contributed by atoms with Gasteiger partial charge in [-0.05, 0) is 37.1 Å². The molecule has 0 aromatic carbocycles. The number of unbranched alkanes of at least 4 members (excludes halogenated alkanes) is 2. The van der Waals surface area contributed by atoms with Gasteiger partial charge in [-0.1, -0.05) is 27.2 Å². The second-order valence-corrected chi connectivity index (χ2v) is 10.6. The molecular formula is C18H31O4SSi. The fourth-order valence-corrected chi connectivity index (χ4v) is 4.56. The number of Topliss-reactive ketones (excluding diaryl/α,β-unsaturated/α-hetero) is 1. The van der Waals surface area contributed by atoms with Crippen LogP contribution in [0.5, 0.6) is 0 Å². The normalized spacial score (nSPS) is 18.5. The molecule has 0 aromatic rings. The zero-order valence-electron chi connectivity index (χ0n) is 15.9. The van der Waals surface area contributed by atoms with Crippen LogP contribution >= 0.6 is 11.8 Å². The highest BCUT2D eigenvalue weighted by Crippen LogP contribution is 2.45. The smallest absolute Gasteiger partial charge is 0.305 e. The minimum absolute atomic E-state index is 0.0329. The standard InChI is InChI=1S/C18H31O4SSi/c1-18(2,3)13-12-14(19)17(16(13)22-24(5)6)23-11-9-7-8-10-15(20)21-4/h13H,7-12H2,1-6H3. The molecule has 1 aliphatic rings. The summed E-state index contributed by atoms with van der Waals surface area (Å²) in [4.78, 5) is 24.4. The number of esters is 1. The van der Waals surface area contributed by atoms with Crippen LogP contribution in [0.15, 0.2) is 10.7 Å². The molecule has 1 atom stereocenters. The average Bonchev–Trinajstić information content (AvgIpc) is 2.78. The molecule has 0 N–H and O–H groups in total. The average molecular weight is 372 g/mol. The Hall–Kier alpha value is -0.753. The number of allylic oxidation sites excluding steroid dienone is 2. The topological polar surface area (TPSA) is 52.6 Å². The molecule has 24 heavy (non-hydrogen) atoms. The largest absolute Gasteiger partial charge is 0.544 e. The van der Waals surface area contributed by atoms with Crippen LogP contribution < -0.4 is 0 Å². The summed E-state index contributed by atoms with van der Waals surface area (Å²) < 4.78 is 10.8. The van der Waals surface area contributed by atoms with Crippen LogP contribution in [0, 0.1) is 11.3 Å². The van der Waals surface area contributed by atoms with Crippen LogP contribution in [0.3, 0.4) is 0 Å². The van der Waals surface area contributed by atoms with Gasteiger partial charge in [0.25, 0.3) is 9.04 Å². The molecule has 0 saturated heterocycles. The Morgan fingerprint density at radius 1 is 1.25 bits per heavy atom. The molecule has 1 rings (SSSR count). The first-order valence-electron chi connectivity index (χ1n) is 8.61. The van der Waals surface area contributed by atoms with Crippen molar-refractivity contribution in [2.45, 2.75) is 66.0 Å². The van der Waals surface area contributed by atoms with Crippen molar-refractivity contribution >= 4 is 32.6 Å². The van der Waals surface area contributed by atoms with E-state index in [9.17, 15) is 9.59 Å². The van der Waals surface area contributed by atoms with Crippen molar-refractivity contribution in [2.75, 3.05) is 12.9 Å². The van der Waals surface area contributed by atoms with Gasteiger partial charge in [0, 0.05) is 18.8 Å². The van der Waals surface area contributed by atoms with E-state index in [0.717, 1.165) is 35.7 Å². The monoisotopic (exact) mass is 371 g/mol. The van der Waals surface area contributed by atoms with E-state index in [-0.39, 0.29) is 23.1 Å². The quantitative estimate of drug-likeness (QED) is 0.338. The third-order valence-corrected chi connectivity index (χ3v) is 5.88. The predicted octanol–water partition coefficient (Wildman–Crippen LogP) is 4.57. The summed E-state index contributed by atoms with van der Waals surface area (Å²) in [6, 6.07) is 0. The van der Waals surface area contributed by atoms with Gasteiger partial charge in [0.05, 0.1) is 12.0 Å². The first-order chi connectivity index (χ1) is 11.2. The number of carbonyl (C=O) groups excluding carboxylic acids is 2. The fraction of sp³-hybridized carbons (Fsp3) is 0.778. The first-order valence-corrected chi connectivity index (χ1v) is 12.0. The highest BCUT2D eigenvalue weighted by atomic mass is 32.2. The third-order valence-electron chi connectivity index (χ3n) is 4.04. The maximum absolute atomic E-state index is 12.5. The number of ketones is 1. The van der Waals surface area contributed by atoms with Gasteiger partial charge in [-0.15, -0.1) is 11.8 Å². The Bertz CT molecular complexity index is 480. The van der Waals surface area contributed by atoms with Crippen molar-refractivity contribution in [2.24, 2.45) is 11.3 Å². The number of carbonyl (C=O) groups is 2. The van der Waals surface area contributed by atoms with Gasteiger partial charge in [-0.25, -0.2) is 0 Å². The highest BCUT2D eigenvalue weighted by Gasteiger charge is 2.40. The Balaban J connectivity index is 2.60. The van der Waals surface area contributed by atoms with E-state index in [0.29, 0.717) is 12.8 Å². The summed E-state index contributed by atoms with van der Waals surface area (Å²) in [5.41, 5.74) is 0.0329. The fourth-order valence-electron chi connectivity index (χ4n) is 2.68. The van der Waals surface area contributed by atoms with Crippen LogP contribution in [-0.2, 0) is 18.8 Å². The van der Waals surface area contributed by atoms with E-state index in [1.54, 1.807) is 11.8 Å². The zero-order valence-corrected chi connectivity index (χ0v) is 17.7. The van der Waals surface area contributed by atoms with Gasteiger partial charge in [0.15, 0.2) is 5.78 Å². The van der Waals surface area contributed by atoms with Crippen LogP contribution in [0.2, 0.25) is 13.1 Å². The molecule has 6 heteroatoms. The lowest BCUT2D eigenvalue weighted by Gasteiger charge is -2.29. The summed E-state index contributed by atoms with van der Waals surface area (Å²) >= 11 is 1.63. The maximum Gasteiger partial charge on any atom is 0.305 e. The third kappa shape index (κ3) is 6.63. The van der Waals surface area contributed by atoms with E-state index in [1.807, 2.05) is 0 Å².